The summed E-state index contributed by atoms with van der Waals surface area (Å²) >= 11 is 9.71. The fourth-order valence-corrected chi connectivity index (χ4v) is 3.76. The molecule has 3 aromatic rings. The predicted molar refractivity (Wildman–Crippen MR) is 132 cm³/mol. The number of amides is 4. The van der Waals surface area contributed by atoms with Gasteiger partial charge in [-0.2, -0.15) is 0 Å². The Labute approximate surface area is 212 Å². The van der Waals surface area contributed by atoms with Crippen molar-refractivity contribution >= 4 is 62.8 Å². The van der Waals surface area contributed by atoms with Gasteiger partial charge in [0.15, 0.2) is 0 Å². The van der Waals surface area contributed by atoms with E-state index in [9.17, 15) is 24.5 Å². The van der Waals surface area contributed by atoms with Crippen LogP contribution in [0, 0.1) is 10.1 Å². The first-order valence-corrected chi connectivity index (χ1v) is 11.2. The molecule has 1 saturated heterocycles. The molecule has 0 aromatic heterocycles. The van der Waals surface area contributed by atoms with E-state index in [0.717, 1.165) is 27.1 Å². The average Bonchev–Trinajstić information content (AvgIpc) is 2.82. The van der Waals surface area contributed by atoms with E-state index in [1.54, 1.807) is 12.1 Å². The molecule has 35 heavy (non-hydrogen) atoms. The zero-order valence-electron chi connectivity index (χ0n) is 17.7. The second-order valence-corrected chi connectivity index (χ2v) is 8.66. The summed E-state index contributed by atoms with van der Waals surface area (Å²) in [5, 5.41) is 13.2. The van der Waals surface area contributed by atoms with E-state index in [1.165, 1.54) is 24.3 Å². The molecule has 3 aromatic carbocycles. The van der Waals surface area contributed by atoms with Crippen LogP contribution in [-0.2, 0) is 16.2 Å². The van der Waals surface area contributed by atoms with E-state index in [1.807, 2.05) is 24.3 Å². The van der Waals surface area contributed by atoms with Gasteiger partial charge in [-0.15, -0.1) is 0 Å². The van der Waals surface area contributed by atoms with Gasteiger partial charge in [0.05, 0.1) is 15.6 Å². The quantitative estimate of drug-likeness (QED) is 0.192. The topological polar surface area (TPSA) is 119 Å². The average molecular weight is 557 g/mol. The number of ether oxygens (including phenoxy) is 1. The molecule has 1 heterocycles. The Balaban J connectivity index is 1.55. The standard InChI is InChI=1S/C24H15BrClN3O6/c25-16-4-1-14(2-5-16)13-35-21-10-3-15(12-20(21)26)11-19-22(30)27-24(32)28(23(19)31)17-6-8-18(9-7-17)29(33)34/h1-12H,13H2,(H,27,30,32)/b19-11+. The number of nitro groups is 1. The number of nitrogens with zero attached hydrogens (tertiary/aromatic N) is 2. The monoisotopic (exact) mass is 555 g/mol. The van der Waals surface area contributed by atoms with Crippen molar-refractivity contribution in [1.29, 1.82) is 0 Å². The van der Waals surface area contributed by atoms with E-state index in [2.05, 4.69) is 21.2 Å². The Hall–Kier alpha value is -4.02. The van der Waals surface area contributed by atoms with Gasteiger partial charge in [0, 0.05) is 16.6 Å². The number of barbiturate groups is 1. The Morgan fingerprint density at radius 2 is 1.71 bits per heavy atom. The molecule has 1 aliphatic rings. The second kappa shape index (κ2) is 10.1. The molecule has 0 saturated carbocycles. The van der Waals surface area contributed by atoms with Crippen LogP contribution in [0.25, 0.3) is 6.08 Å². The molecule has 0 bridgehead atoms. The molecule has 0 atom stereocenters. The second-order valence-electron chi connectivity index (χ2n) is 7.34. The number of halogens is 2. The molecule has 0 spiro atoms. The molecule has 4 amide bonds. The summed E-state index contributed by atoms with van der Waals surface area (Å²) in [5.41, 5.74) is 0.940. The molecular weight excluding hydrogens is 542 g/mol. The third-order valence-corrected chi connectivity index (χ3v) is 5.82. The van der Waals surface area contributed by atoms with Gasteiger partial charge < -0.3 is 4.74 Å². The number of hydrogen-bond donors (Lipinski definition) is 1. The van der Waals surface area contributed by atoms with Gasteiger partial charge in [-0.05, 0) is 53.6 Å². The van der Waals surface area contributed by atoms with E-state index in [-0.39, 0.29) is 22.0 Å². The first-order chi connectivity index (χ1) is 16.7. The fraction of sp³-hybridized carbons (Fsp3) is 0.0417. The van der Waals surface area contributed by atoms with Crippen LogP contribution in [0.4, 0.5) is 16.2 Å². The maximum atomic E-state index is 13.0. The van der Waals surface area contributed by atoms with Crippen LogP contribution in [0.2, 0.25) is 5.02 Å². The van der Waals surface area contributed by atoms with Crippen molar-refractivity contribution in [3.05, 3.63) is 103 Å². The van der Waals surface area contributed by atoms with Crippen molar-refractivity contribution in [2.45, 2.75) is 6.61 Å². The Morgan fingerprint density at radius 1 is 1.03 bits per heavy atom. The number of hydrogen-bond acceptors (Lipinski definition) is 6. The fourth-order valence-electron chi connectivity index (χ4n) is 3.25. The smallest absolute Gasteiger partial charge is 0.335 e. The van der Waals surface area contributed by atoms with E-state index < -0.39 is 22.8 Å². The summed E-state index contributed by atoms with van der Waals surface area (Å²) in [6.45, 7) is 0.292. The zero-order chi connectivity index (χ0) is 25.1. The summed E-state index contributed by atoms with van der Waals surface area (Å²) in [6, 6.07) is 16.2. The lowest BCUT2D eigenvalue weighted by Crippen LogP contribution is -2.54. The maximum absolute atomic E-state index is 13.0. The van der Waals surface area contributed by atoms with Crippen LogP contribution in [0.15, 0.2) is 76.8 Å². The lowest BCUT2D eigenvalue weighted by molar-refractivity contribution is -0.384. The van der Waals surface area contributed by atoms with Gasteiger partial charge in [-0.3, -0.25) is 25.0 Å². The highest BCUT2D eigenvalue weighted by Crippen LogP contribution is 2.29. The predicted octanol–water partition coefficient (Wildman–Crippen LogP) is 5.26. The molecule has 11 heteroatoms. The molecule has 176 valence electrons. The number of benzene rings is 3. The summed E-state index contributed by atoms with van der Waals surface area (Å²) < 4.78 is 6.70. The van der Waals surface area contributed by atoms with Gasteiger partial charge in [-0.1, -0.05) is 45.7 Å². The third-order valence-electron chi connectivity index (χ3n) is 4.99. The van der Waals surface area contributed by atoms with Crippen molar-refractivity contribution < 1.29 is 24.0 Å². The SMILES string of the molecule is O=C1NC(=O)N(c2ccc([N+](=O)[O-])cc2)C(=O)/C1=C/c1ccc(OCc2ccc(Br)cc2)c(Cl)c1. The van der Waals surface area contributed by atoms with Crippen molar-refractivity contribution in [2.75, 3.05) is 4.90 Å². The number of non-ortho nitro benzene ring substituents is 1. The highest BCUT2D eigenvalue weighted by atomic mass is 79.9. The number of nitrogens with one attached hydrogen (secondary N) is 1. The molecule has 4 rings (SSSR count). The van der Waals surface area contributed by atoms with E-state index in [4.69, 9.17) is 16.3 Å². The summed E-state index contributed by atoms with van der Waals surface area (Å²) in [6.07, 6.45) is 1.30. The van der Waals surface area contributed by atoms with Gasteiger partial charge in [0.25, 0.3) is 17.5 Å². The highest BCUT2D eigenvalue weighted by molar-refractivity contribution is 9.10. The summed E-state index contributed by atoms with van der Waals surface area (Å²) in [4.78, 5) is 48.7. The van der Waals surface area contributed by atoms with Crippen LogP contribution in [0.3, 0.4) is 0 Å². The first kappa shape index (κ1) is 24.1. The Kier molecular flexibility index (Phi) is 6.94. The van der Waals surface area contributed by atoms with E-state index >= 15 is 0 Å². The van der Waals surface area contributed by atoms with E-state index in [0.29, 0.717) is 17.9 Å². The number of rotatable bonds is 6. The first-order valence-electron chi connectivity index (χ1n) is 10.1. The summed E-state index contributed by atoms with van der Waals surface area (Å²) in [5.74, 6) is -1.33. The Bertz CT molecular complexity index is 1370. The molecule has 0 unspecified atom stereocenters. The number of anilines is 1. The molecule has 0 radical (unpaired) electrons. The number of carbonyl (C=O) groups is 3. The van der Waals surface area contributed by atoms with Crippen LogP contribution in [0.5, 0.6) is 5.75 Å². The number of carbonyl (C=O) groups excluding carboxylic acids is 3. The van der Waals surface area contributed by atoms with Crippen LogP contribution < -0.4 is 15.0 Å². The number of urea groups is 1. The van der Waals surface area contributed by atoms with Gasteiger partial charge >= 0.3 is 6.03 Å². The minimum atomic E-state index is -0.958. The zero-order valence-corrected chi connectivity index (χ0v) is 20.1. The van der Waals surface area contributed by atoms with Crippen molar-refractivity contribution in [3.63, 3.8) is 0 Å². The van der Waals surface area contributed by atoms with Gasteiger partial charge in [-0.25, -0.2) is 9.69 Å². The Morgan fingerprint density at radius 3 is 2.34 bits per heavy atom. The molecule has 1 N–H and O–H groups in total. The largest absolute Gasteiger partial charge is 0.487 e. The summed E-state index contributed by atoms with van der Waals surface area (Å²) in [7, 11) is 0. The van der Waals surface area contributed by atoms with Crippen LogP contribution in [-0.4, -0.2) is 22.8 Å². The van der Waals surface area contributed by atoms with Crippen molar-refractivity contribution in [1.82, 2.24) is 5.32 Å². The third kappa shape index (κ3) is 5.39. The normalized spacial score (nSPS) is 14.7. The van der Waals surface area contributed by atoms with Crippen molar-refractivity contribution in [3.8, 4) is 5.75 Å². The van der Waals surface area contributed by atoms with Crippen LogP contribution in [0.1, 0.15) is 11.1 Å². The highest BCUT2D eigenvalue weighted by Gasteiger charge is 2.37. The molecule has 1 aliphatic heterocycles. The van der Waals surface area contributed by atoms with Gasteiger partial charge in [0.2, 0.25) is 0 Å². The van der Waals surface area contributed by atoms with Crippen LogP contribution >= 0.6 is 27.5 Å². The number of imide groups is 2. The van der Waals surface area contributed by atoms with Gasteiger partial charge in [0.1, 0.15) is 17.9 Å². The molecule has 0 aliphatic carbocycles. The molecular formula is C24H15BrClN3O6. The minimum absolute atomic E-state index is 0.0752. The number of nitro benzene ring substituents is 1. The maximum Gasteiger partial charge on any atom is 0.335 e. The molecule has 9 nitrogen and oxygen atoms in total. The minimum Gasteiger partial charge on any atom is -0.487 e. The van der Waals surface area contributed by atoms with Crippen molar-refractivity contribution in [2.24, 2.45) is 0 Å². The lowest BCUT2D eigenvalue weighted by Gasteiger charge is -2.26. The molecule has 1 fully saturated rings. The lowest BCUT2D eigenvalue weighted by atomic mass is 10.1.